The van der Waals surface area contributed by atoms with Crippen LogP contribution in [0.2, 0.25) is 0 Å². The largest absolute Gasteiger partial charge is 0.504 e. The van der Waals surface area contributed by atoms with Gasteiger partial charge in [-0.05, 0) is 99.0 Å². The van der Waals surface area contributed by atoms with Gasteiger partial charge in [-0.1, -0.05) is 26.3 Å². The Morgan fingerprint density at radius 2 is 1.94 bits per heavy atom. The average Bonchev–Trinajstić information content (AvgIpc) is 3.17. The topological polar surface area (TPSA) is 79.3 Å². The van der Waals surface area contributed by atoms with E-state index in [-0.39, 0.29) is 34.8 Å². The molecule has 0 bridgehead atoms. The molecule has 3 fully saturated rings. The number of fused-ring (bicyclic) bond motifs is 5. The fourth-order valence-corrected chi connectivity index (χ4v) is 8.51. The summed E-state index contributed by atoms with van der Waals surface area (Å²) < 4.78 is 0. The number of hydrogen-bond donors (Lipinski definition) is 2. The highest BCUT2D eigenvalue weighted by Crippen LogP contribution is 2.66. The highest BCUT2D eigenvalue weighted by atomic mass is 16.3. The number of nitrogens with zero attached hydrogens (tertiary/aromatic N) is 1. The number of carbonyl (C=O) groups is 2. The molecule has 4 aliphatic carbocycles. The fourth-order valence-electron chi connectivity index (χ4n) is 8.51. The van der Waals surface area contributed by atoms with Gasteiger partial charge in [0.25, 0.3) is 0 Å². The van der Waals surface area contributed by atoms with Crippen molar-refractivity contribution in [1.29, 1.82) is 0 Å². The van der Waals surface area contributed by atoms with Crippen molar-refractivity contribution in [2.24, 2.45) is 34.5 Å². The van der Waals surface area contributed by atoms with Crippen LogP contribution in [-0.2, 0) is 16.0 Å². The summed E-state index contributed by atoms with van der Waals surface area (Å²) in [5, 5.41) is 13.8. The van der Waals surface area contributed by atoms with Crippen LogP contribution in [0.4, 0.5) is 5.69 Å². The highest BCUT2D eigenvalue weighted by molar-refractivity contribution is 5.91. The Labute approximate surface area is 203 Å². The molecule has 0 saturated heterocycles. The number of anilines is 1. The number of hydrogen-bond acceptors (Lipinski definition) is 5. The predicted octanol–water partition coefficient (Wildman–Crippen LogP) is 5.79. The van der Waals surface area contributed by atoms with Crippen molar-refractivity contribution in [3.63, 3.8) is 0 Å². The van der Waals surface area contributed by atoms with Crippen LogP contribution in [0, 0.1) is 41.4 Å². The van der Waals surface area contributed by atoms with Gasteiger partial charge in [-0.15, -0.1) is 0 Å². The number of aryl methyl sites for hydroxylation is 2. The smallest absolute Gasteiger partial charge is 0.160 e. The molecule has 5 rings (SSSR count). The Morgan fingerprint density at radius 3 is 2.71 bits per heavy atom. The van der Waals surface area contributed by atoms with Crippen molar-refractivity contribution in [2.45, 2.75) is 85.5 Å². The van der Waals surface area contributed by atoms with Crippen LogP contribution in [-0.4, -0.2) is 28.2 Å². The maximum absolute atomic E-state index is 13.5. The summed E-state index contributed by atoms with van der Waals surface area (Å²) in [7, 11) is 0. The lowest BCUT2D eigenvalue weighted by Crippen LogP contribution is -2.51. The summed E-state index contributed by atoms with van der Waals surface area (Å²) in [6, 6.07) is 1.83. The number of aromatic hydroxyl groups is 1. The summed E-state index contributed by atoms with van der Waals surface area (Å²) in [5.74, 6) is 2.75. The molecule has 4 aliphatic rings. The van der Waals surface area contributed by atoms with E-state index < -0.39 is 0 Å². The van der Waals surface area contributed by atoms with Crippen molar-refractivity contribution in [3.05, 3.63) is 29.1 Å². The second-order valence-electron chi connectivity index (χ2n) is 11.9. The van der Waals surface area contributed by atoms with Gasteiger partial charge in [-0.25, -0.2) is 0 Å². The Balaban J connectivity index is 1.31. The van der Waals surface area contributed by atoms with Crippen LogP contribution in [0.1, 0.15) is 83.5 Å². The molecule has 0 spiro atoms. The molecule has 34 heavy (non-hydrogen) atoms. The van der Waals surface area contributed by atoms with Crippen LogP contribution < -0.4 is 5.32 Å². The summed E-state index contributed by atoms with van der Waals surface area (Å²) in [6.45, 7) is 8.95. The molecule has 0 aliphatic heterocycles. The van der Waals surface area contributed by atoms with Crippen molar-refractivity contribution in [1.82, 2.24) is 4.98 Å². The van der Waals surface area contributed by atoms with E-state index in [9.17, 15) is 14.7 Å². The molecular formula is C29H40N2O3. The number of carbonyl (C=O) groups excluding carboxylic acids is 2. The minimum absolute atomic E-state index is 0.0623. The van der Waals surface area contributed by atoms with E-state index in [0.29, 0.717) is 47.8 Å². The van der Waals surface area contributed by atoms with E-state index >= 15 is 0 Å². The molecule has 3 saturated carbocycles. The number of aromatic nitrogens is 1. The SMILES string of the molecule is CCc1nc(C)cc(NCC(=O)C2CCC3C4CCC5=CC(=O)CC[C@]5(C)C4CC[C@]23C)c1O. The maximum atomic E-state index is 13.5. The zero-order chi connectivity index (χ0) is 24.3. The van der Waals surface area contributed by atoms with E-state index in [1.54, 1.807) is 0 Å². The van der Waals surface area contributed by atoms with E-state index in [1.165, 1.54) is 18.4 Å². The Morgan fingerprint density at radius 1 is 1.15 bits per heavy atom. The third-order valence-electron chi connectivity index (χ3n) is 10.3. The van der Waals surface area contributed by atoms with Gasteiger partial charge in [-0.3, -0.25) is 14.6 Å². The molecule has 1 heterocycles. The second kappa shape index (κ2) is 8.49. The number of rotatable bonds is 5. The molecule has 0 amide bonds. The van der Waals surface area contributed by atoms with E-state index in [4.69, 9.17) is 0 Å². The molecule has 2 N–H and O–H groups in total. The normalized spacial score (nSPS) is 36.8. The van der Waals surface area contributed by atoms with Crippen molar-refractivity contribution < 1.29 is 14.7 Å². The summed E-state index contributed by atoms with van der Waals surface area (Å²) in [5.41, 5.74) is 3.78. The van der Waals surface area contributed by atoms with Gasteiger partial charge in [-0.2, -0.15) is 0 Å². The molecule has 5 nitrogen and oxygen atoms in total. The molecule has 0 radical (unpaired) electrons. The minimum Gasteiger partial charge on any atom is -0.504 e. The van der Waals surface area contributed by atoms with Crippen LogP contribution in [0.25, 0.3) is 0 Å². The highest BCUT2D eigenvalue weighted by Gasteiger charge is 2.59. The first-order valence-electron chi connectivity index (χ1n) is 13.4. The second-order valence-corrected chi connectivity index (χ2v) is 11.9. The van der Waals surface area contributed by atoms with Crippen molar-refractivity contribution >= 4 is 17.3 Å². The zero-order valence-corrected chi connectivity index (χ0v) is 21.2. The first-order valence-corrected chi connectivity index (χ1v) is 13.4. The van der Waals surface area contributed by atoms with Gasteiger partial charge in [0.05, 0.1) is 17.9 Å². The molecule has 5 heteroatoms. The lowest BCUT2D eigenvalue weighted by molar-refractivity contribution is -0.129. The van der Waals surface area contributed by atoms with Gasteiger partial charge >= 0.3 is 0 Å². The summed E-state index contributed by atoms with van der Waals surface area (Å²) in [4.78, 5) is 30.0. The van der Waals surface area contributed by atoms with Crippen LogP contribution in [0.3, 0.4) is 0 Å². The van der Waals surface area contributed by atoms with E-state index in [0.717, 1.165) is 37.8 Å². The monoisotopic (exact) mass is 464 g/mol. The number of ketones is 2. The predicted molar refractivity (Wildman–Crippen MR) is 134 cm³/mol. The molecule has 6 atom stereocenters. The van der Waals surface area contributed by atoms with Gasteiger partial charge in [0.15, 0.2) is 17.3 Å². The van der Waals surface area contributed by atoms with Gasteiger partial charge in [0, 0.05) is 18.0 Å². The maximum Gasteiger partial charge on any atom is 0.160 e. The van der Waals surface area contributed by atoms with Gasteiger partial charge < -0.3 is 10.4 Å². The van der Waals surface area contributed by atoms with E-state index in [1.807, 2.05) is 26.0 Å². The first-order chi connectivity index (χ1) is 16.2. The minimum atomic E-state index is 0.0623. The number of allylic oxidation sites excluding steroid dienone is 1. The van der Waals surface area contributed by atoms with Gasteiger partial charge in [0.2, 0.25) is 0 Å². The number of pyridine rings is 1. The Kier molecular flexibility index (Phi) is 5.89. The Bertz CT molecular complexity index is 1050. The molecule has 1 aromatic heterocycles. The lowest BCUT2D eigenvalue weighted by atomic mass is 9.46. The first kappa shape index (κ1) is 23.6. The standard InChI is InChI=1S/C29H40N2O3/c1-5-24-27(34)25(14-17(2)31-24)30-16-26(33)23-9-8-21-20-7-6-18-15-19(32)10-12-28(18,3)22(20)11-13-29(21,23)4/h14-15,20-23,34H,5-13,16H2,1-4H3,(H,30,31)/t20?,21?,22?,23?,28-,29-/m0/s1. The molecular weight excluding hydrogens is 424 g/mol. The molecule has 0 aromatic carbocycles. The zero-order valence-electron chi connectivity index (χ0n) is 21.2. The third kappa shape index (κ3) is 3.61. The van der Waals surface area contributed by atoms with Crippen molar-refractivity contribution in [2.75, 3.05) is 11.9 Å². The summed E-state index contributed by atoms with van der Waals surface area (Å²) in [6.07, 6.45) is 10.9. The van der Waals surface area contributed by atoms with Gasteiger partial charge in [0.1, 0.15) is 0 Å². The van der Waals surface area contributed by atoms with Crippen LogP contribution >= 0.6 is 0 Å². The van der Waals surface area contributed by atoms with Crippen LogP contribution in [0.5, 0.6) is 5.75 Å². The quantitative estimate of drug-likeness (QED) is 0.577. The third-order valence-corrected chi connectivity index (χ3v) is 10.3. The molecule has 184 valence electrons. The molecule has 1 aromatic rings. The van der Waals surface area contributed by atoms with Crippen LogP contribution in [0.15, 0.2) is 17.7 Å². The van der Waals surface area contributed by atoms with E-state index in [2.05, 4.69) is 24.1 Å². The number of Topliss-reactive ketones (excluding diaryl/α,β-unsaturated/α-hetero) is 1. The fraction of sp³-hybridized carbons (Fsp3) is 0.690. The lowest BCUT2D eigenvalue weighted by Gasteiger charge is -2.58. The van der Waals surface area contributed by atoms with Crippen molar-refractivity contribution in [3.8, 4) is 5.75 Å². The summed E-state index contributed by atoms with van der Waals surface area (Å²) >= 11 is 0. The number of nitrogens with one attached hydrogen (secondary N) is 1. The average molecular weight is 465 g/mol. The molecule has 4 unspecified atom stereocenters. The Hall–Kier alpha value is -2.17.